The lowest BCUT2D eigenvalue weighted by molar-refractivity contribution is -0.123. The lowest BCUT2D eigenvalue weighted by Gasteiger charge is -2.30. The fourth-order valence-corrected chi connectivity index (χ4v) is 3.76. The number of nitrogens with zero attached hydrogens (tertiary/aromatic N) is 3. The summed E-state index contributed by atoms with van der Waals surface area (Å²) >= 11 is 0. The highest BCUT2D eigenvalue weighted by Crippen LogP contribution is 2.18. The van der Waals surface area contributed by atoms with Crippen LogP contribution in [0.25, 0.3) is 0 Å². The van der Waals surface area contributed by atoms with Gasteiger partial charge in [0.2, 0.25) is 5.91 Å². The molecule has 5 nitrogen and oxygen atoms in total. The molecule has 0 fully saturated rings. The van der Waals surface area contributed by atoms with Gasteiger partial charge in [0.25, 0.3) is 0 Å². The maximum atomic E-state index is 13.2. The van der Waals surface area contributed by atoms with Crippen molar-refractivity contribution in [1.29, 1.82) is 0 Å². The van der Waals surface area contributed by atoms with Crippen LogP contribution in [0.3, 0.4) is 0 Å². The van der Waals surface area contributed by atoms with Crippen LogP contribution in [0.4, 0.5) is 0 Å². The summed E-state index contributed by atoms with van der Waals surface area (Å²) in [4.78, 5) is 15.6. The van der Waals surface area contributed by atoms with E-state index in [4.69, 9.17) is 0 Å². The summed E-state index contributed by atoms with van der Waals surface area (Å²) in [6.45, 7) is 6.83. The van der Waals surface area contributed by atoms with Gasteiger partial charge in [-0.25, -0.2) is 0 Å². The van der Waals surface area contributed by atoms with Gasteiger partial charge in [-0.1, -0.05) is 74.5 Å². The number of aromatic nitrogens is 2. The Morgan fingerprint density at radius 1 is 1.00 bits per heavy atom. The fraction of sp³-hybridized carbons (Fsp3) is 0.333. The zero-order chi connectivity index (χ0) is 20.5. The van der Waals surface area contributed by atoms with E-state index >= 15 is 0 Å². The van der Waals surface area contributed by atoms with E-state index in [9.17, 15) is 4.79 Å². The Morgan fingerprint density at radius 2 is 1.66 bits per heavy atom. The predicted octanol–water partition coefficient (Wildman–Crippen LogP) is 3.54. The van der Waals surface area contributed by atoms with Crippen LogP contribution in [0.2, 0.25) is 0 Å². The van der Waals surface area contributed by atoms with Crippen LogP contribution in [0.15, 0.2) is 79.1 Å². The molecule has 152 valence electrons. The minimum atomic E-state index is -0.472. The van der Waals surface area contributed by atoms with Crippen LogP contribution in [0, 0.1) is 0 Å². The maximum Gasteiger partial charge on any atom is 0.249 e. The standard InChI is InChI=1S/C24H30N4O/c1-3-27(4-2)22(18-20-12-7-5-8-13-20)19-25-24(29)23(28-17-11-16-26-28)21-14-9-6-10-15-21/h5-17,22-23H,3-4,18-19H2,1-2H3,(H,25,29). The Bertz CT molecular complexity index is 845. The van der Waals surface area contributed by atoms with Gasteiger partial charge in [0.15, 0.2) is 6.04 Å². The van der Waals surface area contributed by atoms with Crippen molar-refractivity contribution in [3.8, 4) is 0 Å². The molecule has 0 radical (unpaired) electrons. The molecule has 1 amide bonds. The second-order valence-electron chi connectivity index (χ2n) is 7.11. The van der Waals surface area contributed by atoms with Gasteiger partial charge in [-0.3, -0.25) is 14.4 Å². The molecule has 0 spiro atoms. The Balaban J connectivity index is 1.75. The average molecular weight is 391 g/mol. The van der Waals surface area contributed by atoms with Gasteiger partial charge in [0, 0.05) is 25.0 Å². The van der Waals surface area contributed by atoms with Gasteiger partial charge in [0.05, 0.1) is 0 Å². The second kappa shape index (κ2) is 10.6. The molecule has 5 heteroatoms. The van der Waals surface area contributed by atoms with E-state index in [0.717, 1.165) is 25.1 Å². The van der Waals surface area contributed by atoms with Gasteiger partial charge in [-0.2, -0.15) is 5.10 Å². The highest BCUT2D eigenvalue weighted by molar-refractivity contribution is 5.83. The van der Waals surface area contributed by atoms with Crippen molar-refractivity contribution in [2.24, 2.45) is 0 Å². The number of hydrogen-bond donors (Lipinski definition) is 1. The lowest BCUT2D eigenvalue weighted by Crippen LogP contribution is -2.46. The summed E-state index contributed by atoms with van der Waals surface area (Å²) in [5, 5.41) is 7.52. The van der Waals surface area contributed by atoms with Crippen LogP contribution < -0.4 is 5.32 Å². The van der Waals surface area contributed by atoms with Gasteiger partial charge < -0.3 is 5.32 Å². The van der Waals surface area contributed by atoms with Crippen molar-refractivity contribution in [2.45, 2.75) is 32.4 Å². The largest absolute Gasteiger partial charge is 0.352 e. The molecule has 3 rings (SSSR count). The Kier molecular flexibility index (Phi) is 7.59. The minimum absolute atomic E-state index is 0.0369. The fourth-order valence-electron chi connectivity index (χ4n) is 3.76. The van der Waals surface area contributed by atoms with Crippen molar-refractivity contribution >= 4 is 5.91 Å². The van der Waals surface area contributed by atoms with Crippen molar-refractivity contribution in [3.63, 3.8) is 0 Å². The summed E-state index contributed by atoms with van der Waals surface area (Å²) < 4.78 is 1.72. The third kappa shape index (κ3) is 5.55. The van der Waals surface area contributed by atoms with Gasteiger partial charge in [-0.05, 0) is 36.7 Å². The number of carbonyl (C=O) groups is 1. The summed E-state index contributed by atoms with van der Waals surface area (Å²) in [5.41, 5.74) is 2.21. The third-order valence-electron chi connectivity index (χ3n) is 5.31. The van der Waals surface area contributed by atoms with Crippen molar-refractivity contribution in [1.82, 2.24) is 20.0 Å². The molecule has 2 aromatic carbocycles. The number of amides is 1. The molecule has 1 N–H and O–H groups in total. The third-order valence-corrected chi connectivity index (χ3v) is 5.31. The topological polar surface area (TPSA) is 50.2 Å². The molecule has 29 heavy (non-hydrogen) atoms. The molecular formula is C24H30N4O. The second-order valence-corrected chi connectivity index (χ2v) is 7.11. The maximum absolute atomic E-state index is 13.2. The number of likely N-dealkylation sites (N-methyl/N-ethyl adjacent to an activating group) is 1. The summed E-state index contributed by atoms with van der Waals surface area (Å²) in [7, 11) is 0. The normalized spacial score (nSPS) is 13.2. The Hall–Kier alpha value is -2.92. The first kappa shape index (κ1) is 20.8. The SMILES string of the molecule is CCN(CC)C(CNC(=O)C(c1ccccc1)n1cccn1)Cc1ccccc1. The van der Waals surface area contributed by atoms with E-state index < -0.39 is 6.04 Å². The summed E-state index contributed by atoms with van der Waals surface area (Å²) in [5.74, 6) is -0.0369. The van der Waals surface area contributed by atoms with Crippen LogP contribution in [0.5, 0.6) is 0 Å². The van der Waals surface area contributed by atoms with Crippen molar-refractivity contribution < 1.29 is 4.79 Å². The highest BCUT2D eigenvalue weighted by Gasteiger charge is 2.24. The zero-order valence-electron chi connectivity index (χ0n) is 17.2. The molecular weight excluding hydrogens is 360 g/mol. The molecule has 0 bridgehead atoms. The first-order valence-electron chi connectivity index (χ1n) is 10.3. The average Bonchev–Trinajstić information content (AvgIpc) is 3.28. The Morgan fingerprint density at radius 3 is 2.24 bits per heavy atom. The van der Waals surface area contributed by atoms with Crippen molar-refractivity contribution in [3.05, 3.63) is 90.3 Å². The molecule has 0 saturated heterocycles. The number of carbonyl (C=O) groups excluding carboxylic acids is 1. The molecule has 2 unspecified atom stereocenters. The zero-order valence-corrected chi connectivity index (χ0v) is 17.2. The molecule has 0 aliphatic rings. The van der Waals surface area contributed by atoms with Crippen LogP contribution in [-0.4, -0.2) is 46.3 Å². The summed E-state index contributed by atoms with van der Waals surface area (Å²) in [6, 6.07) is 21.9. The molecule has 1 heterocycles. The predicted molar refractivity (Wildman–Crippen MR) is 117 cm³/mol. The van der Waals surface area contributed by atoms with Gasteiger partial charge in [0.1, 0.15) is 0 Å². The van der Waals surface area contributed by atoms with Crippen LogP contribution >= 0.6 is 0 Å². The molecule has 0 saturated carbocycles. The number of rotatable bonds is 10. The Labute approximate surface area is 173 Å². The van der Waals surface area contributed by atoms with E-state index in [2.05, 4.69) is 53.4 Å². The van der Waals surface area contributed by atoms with E-state index in [1.807, 2.05) is 48.7 Å². The van der Waals surface area contributed by atoms with Crippen molar-refractivity contribution in [2.75, 3.05) is 19.6 Å². The molecule has 0 aliphatic heterocycles. The van der Waals surface area contributed by atoms with E-state index in [-0.39, 0.29) is 11.9 Å². The number of hydrogen-bond acceptors (Lipinski definition) is 3. The van der Waals surface area contributed by atoms with Crippen LogP contribution in [-0.2, 0) is 11.2 Å². The lowest BCUT2D eigenvalue weighted by atomic mass is 10.0. The molecule has 1 aromatic heterocycles. The van der Waals surface area contributed by atoms with E-state index in [0.29, 0.717) is 6.54 Å². The van der Waals surface area contributed by atoms with Gasteiger partial charge >= 0.3 is 0 Å². The van der Waals surface area contributed by atoms with E-state index in [1.54, 1.807) is 10.9 Å². The highest BCUT2D eigenvalue weighted by atomic mass is 16.2. The quantitative estimate of drug-likeness (QED) is 0.576. The summed E-state index contributed by atoms with van der Waals surface area (Å²) in [6.07, 6.45) is 4.45. The van der Waals surface area contributed by atoms with Gasteiger partial charge in [-0.15, -0.1) is 0 Å². The monoisotopic (exact) mass is 390 g/mol. The minimum Gasteiger partial charge on any atom is -0.352 e. The molecule has 3 aromatic rings. The van der Waals surface area contributed by atoms with Crippen LogP contribution in [0.1, 0.15) is 31.0 Å². The first-order valence-corrected chi connectivity index (χ1v) is 10.3. The first-order chi connectivity index (χ1) is 14.2. The number of nitrogens with one attached hydrogen (secondary N) is 1. The van der Waals surface area contributed by atoms with E-state index in [1.165, 1.54) is 5.56 Å². The molecule has 0 aliphatic carbocycles. The smallest absolute Gasteiger partial charge is 0.249 e. The molecule has 2 atom stereocenters. The number of benzene rings is 2.